The van der Waals surface area contributed by atoms with Crippen molar-refractivity contribution < 1.29 is 14.3 Å². The maximum absolute atomic E-state index is 11.3. The number of methoxy groups -OCH3 is 2. The maximum Gasteiger partial charge on any atom is 0.348 e. The van der Waals surface area contributed by atoms with Crippen LogP contribution < -0.4 is 4.74 Å². The molecule has 1 aromatic carbocycles. The summed E-state index contributed by atoms with van der Waals surface area (Å²) in [7, 11) is 2.92. The van der Waals surface area contributed by atoms with Crippen molar-refractivity contribution in [3.05, 3.63) is 28.1 Å². The predicted octanol–water partition coefficient (Wildman–Crippen LogP) is 3.35. The number of ether oxygens (including phenoxy) is 2. The predicted molar refractivity (Wildman–Crippen MR) is 64.7 cm³/mol. The zero-order valence-electron chi connectivity index (χ0n) is 8.74. The Balaban J connectivity index is 2.58. The number of rotatable bonds is 2. The highest BCUT2D eigenvalue weighted by atomic mass is 35.5. The van der Waals surface area contributed by atoms with Gasteiger partial charge in [0, 0.05) is 4.70 Å². The van der Waals surface area contributed by atoms with Crippen LogP contribution >= 0.6 is 22.9 Å². The Morgan fingerprint density at radius 2 is 2.06 bits per heavy atom. The van der Waals surface area contributed by atoms with Gasteiger partial charge in [-0.25, -0.2) is 4.79 Å². The van der Waals surface area contributed by atoms with Crippen LogP contribution in [0, 0.1) is 0 Å². The lowest BCUT2D eigenvalue weighted by Crippen LogP contribution is -1.96. The molecule has 3 nitrogen and oxygen atoms in total. The van der Waals surface area contributed by atoms with E-state index in [0.717, 1.165) is 10.1 Å². The summed E-state index contributed by atoms with van der Waals surface area (Å²) in [4.78, 5) is 11.9. The summed E-state index contributed by atoms with van der Waals surface area (Å²) >= 11 is 7.34. The zero-order valence-corrected chi connectivity index (χ0v) is 10.3. The molecule has 0 atom stereocenters. The van der Waals surface area contributed by atoms with Gasteiger partial charge in [0.2, 0.25) is 0 Å². The number of esters is 1. The van der Waals surface area contributed by atoms with Crippen LogP contribution in [-0.2, 0) is 4.74 Å². The van der Waals surface area contributed by atoms with Crippen molar-refractivity contribution in [3.8, 4) is 5.75 Å². The number of carbonyl (C=O) groups is 1. The van der Waals surface area contributed by atoms with Crippen molar-refractivity contribution in [1.29, 1.82) is 0 Å². The van der Waals surface area contributed by atoms with E-state index in [1.54, 1.807) is 25.3 Å². The second kappa shape index (κ2) is 4.31. The van der Waals surface area contributed by atoms with Crippen LogP contribution in [0.1, 0.15) is 9.67 Å². The molecule has 0 N–H and O–H groups in total. The normalized spacial score (nSPS) is 10.4. The minimum Gasteiger partial charge on any atom is -0.495 e. The molecule has 2 aromatic rings. The molecule has 0 aliphatic rings. The average molecular weight is 257 g/mol. The molecular formula is C11H9ClO3S. The van der Waals surface area contributed by atoms with E-state index in [4.69, 9.17) is 16.3 Å². The number of thiophene rings is 1. The summed E-state index contributed by atoms with van der Waals surface area (Å²) in [5.74, 6) is 0.264. The van der Waals surface area contributed by atoms with Crippen molar-refractivity contribution in [1.82, 2.24) is 0 Å². The van der Waals surface area contributed by atoms with Gasteiger partial charge in [-0.1, -0.05) is 11.6 Å². The van der Waals surface area contributed by atoms with Gasteiger partial charge in [-0.2, -0.15) is 0 Å². The topological polar surface area (TPSA) is 35.5 Å². The summed E-state index contributed by atoms with van der Waals surface area (Å²) in [5.41, 5.74) is 0. The molecule has 0 unspecified atom stereocenters. The molecule has 0 aliphatic carbocycles. The molecule has 16 heavy (non-hydrogen) atoms. The van der Waals surface area contributed by atoms with Crippen LogP contribution in [0.4, 0.5) is 0 Å². The Hall–Kier alpha value is -1.26. The Morgan fingerprint density at radius 1 is 1.31 bits per heavy atom. The van der Waals surface area contributed by atoms with Crippen LogP contribution in [0.3, 0.4) is 0 Å². The van der Waals surface area contributed by atoms with Crippen molar-refractivity contribution in [2.45, 2.75) is 0 Å². The number of benzene rings is 1. The lowest BCUT2D eigenvalue weighted by Gasteiger charge is -2.01. The molecule has 1 heterocycles. The molecule has 0 amide bonds. The number of carbonyl (C=O) groups excluding carboxylic acids is 1. The lowest BCUT2D eigenvalue weighted by molar-refractivity contribution is 0.0606. The van der Waals surface area contributed by atoms with Gasteiger partial charge in [0.25, 0.3) is 0 Å². The summed E-state index contributed by atoms with van der Waals surface area (Å²) in [6.45, 7) is 0. The van der Waals surface area contributed by atoms with Crippen molar-refractivity contribution in [2.75, 3.05) is 14.2 Å². The third kappa shape index (κ3) is 1.86. The van der Waals surface area contributed by atoms with Gasteiger partial charge >= 0.3 is 5.97 Å². The molecular weight excluding hydrogens is 248 g/mol. The minimum absolute atomic E-state index is 0.337. The van der Waals surface area contributed by atoms with Gasteiger partial charge in [-0.3, -0.25) is 0 Å². The van der Waals surface area contributed by atoms with Crippen LogP contribution in [-0.4, -0.2) is 20.2 Å². The number of hydrogen-bond donors (Lipinski definition) is 0. The average Bonchev–Trinajstić information content (AvgIpc) is 2.69. The highest BCUT2D eigenvalue weighted by Crippen LogP contribution is 2.34. The molecule has 84 valence electrons. The Bertz CT molecular complexity index is 547. The fourth-order valence-corrected chi connectivity index (χ4v) is 2.71. The molecule has 1 aromatic heterocycles. The van der Waals surface area contributed by atoms with Gasteiger partial charge in [-0.05, 0) is 23.6 Å². The third-order valence-corrected chi connectivity index (χ3v) is 3.55. The molecule has 0 bridgehead atoms. The first kappa shape index (κ1) is 11.2. The van der Waals surface area contributed by atoms with Gasteiger partial charge in [0.15, 0.2) is 0 Å². The lowest BCUT2D eigenvalue weighted by atomic mass is 10.2. The maximum atomic E-state index is 11.3. The number of fused-ring (bicyclic) bond motifs is 1. The van der Waals surface area contributed by atoms with E-state index >= 15 is 0 Å². The molecule has 0 fully saturated rings. The molecule has 5 heteroatoms. The monoisotopic (exact) mass is 256 g/mol. The van der Waals surface area contributed by atoms with Crippen LogP contribution in [0.25, 0.3) is 10.1 Å². The van der Waals surface area contributed by atoms with Crippen LogP contribution in [0.2, 0.25) is 5.02 Å². The smallest absolute Gasteiger partial charge is 0.348 e. The van der Waals surface area contributed by atoms with Crippen molar-refractivity contribution in [3.63, 3.8) is 0 Å². The van der Waals surface area contributed by atoms with Gasteiger partial charge in [0.1, 0.15) is 10.6 Å². The molecule has 0 saturated heterocycles. The van der Waals surface area contributed by atoms with E-state index in [-0.39, 0.29) is 5.97 Å². The van der Waals surface area contributed by atoms with E-state index in [9.17, 15) is 4.79 Å². The Kier molecular flexibility index (Phi) is 3.03. The van der Waals surface area contributed by atoms with Crippen molar-refractivity contribution in [2.24, 2.45) is 0 Å². The molecule has 0 saturated carbocycles. The second-order valence-corrected chi connectivity index (χ2v) is 4.62. The van der Waals surface area contributed by atoms with Gasteiger partial charge in [0.05, 0.1) is 19.2 Å². The summed E-state index contributed by atoms with van der Waals surface area (Å²) < 4.78 is 10.7. The molecule has 0 spiro atoms. The highest BCUT2D eigenvalue weighted by Gasteiger charge is 2.12. The summed E-state index contributed by atoms with van der Waals surface area (Å²) in [6.07, 6.45) is 0. The van der Waals surface area contributed by atoms with E-state index in [2.05, 4.69) is 4.74 Å². The number of hydrogen-bond acceptors (Lipinski definition) is 4. The largest absolute Gasteiger partial charge is 0.495 e. The molecule has 0 aliphatic heterocycles. The fourth-order valence-electron chi connectivity index (χ4n) is 1.40. The van der Waals surface area contributed by atoms with E-state index in [0.29, 0.717) is 15.6 Å². The summed E-state index contributed by atoms with van der Waals surface area (Å²) in [5, 5.41) is 1.46. The Morgan fingerprint density at radius 3 is 2.69 bits per heavy atom. The molecule has 2 rings (SSSR count). The first-order chi connectivity index (χ1) is 7.65. The number of halogens is 1. The second-order valence-electron chi connectivity index (χ2n) is 3.13. The first-order valence-corrected chi connectivity index (χ1v) is 5.70. The van der Waals surface area contributed by atoms with Gasteiger partial charge in [-0.15, -0.1) is 11.3 Å². The third-order valence-electron chi connectivity index (χ3n) is 2.18. The highest BCUT2D eigenvalue weighted by molar-refractivity contribution is 7.20. The quantitative estimate of drug-likeness (QED) is 0.773. The first-order valence-electron chi connectivity index (χ1n) is 4.51. The van der Waals surface area contributed by atoms with E-state index in [1.165, 1.54) is 18.4 Å². The SMILES string of the molecule is COC(=O)c1cc2cc(OC)c(Cl)cc2s1. The summed E-state index contributed by atoms with van der Waals surface area (Å²) in [6, 6.07) is 5.36. The van der Waals surface area contributed by atoms with E-state index < -0.39 is 0 Å². The Labute approximate surface area is 102 Å². The van der Waals surface area contributed by atoms with Crippen LogP contribution in [0.5, 0.6) is 5.75 Å². The zero-order chi connectivity index (χ0) is 11.7. The van der Waals surface area contributed by atoms with Crippen molar-refractivity contribution >= 4 is 39.0 Å². The molecule has 0 radical (unpaired) electrons. The minimum atomic E-state index is -0.337. The fraction of sp³-hybridized carbons (Fsp3) is 0.182. The standard InChI is InChI=1S/C11H9ClO3S/c1-14-8-3-6-4-10(11(13)15-2)16-9(6)5-7(8)12/h3-5H,1-2H3. The van der Waals surface area contributed by atoms with Crippen LogP contribution in [0.15, 0.2) is 18.2 Å². The van der Waals surface area contributed by atoms with E-state index in [1.807, 2.05) is 0 Å². The van der Waals surface area contributed by atoms with Gasteiger partial charge < -0.3 is 9.47 Å².